The van der Waals surface area contributed by atoms with Crippen LogP contribution < -0.4 is 0 Å². The molecule has 0 amide bonds. The summed E-state index contributed by atoms with van der Waals surface area (Å²) < 4.78 is 0. The van der Waals surface area contributed by atoms with E-state index in [1.807, 2.05) is 32.1 Å². The van der Waals surface area contributed by atoms with Crippen LogP contribution in [-0.2, 0) is 6.42 Å². The van der Waals surface area contributed by atoms with Crippen molar-refractivity contribution in [2.45, 2.75) is 20.3 Å². The van der Waals surface area contributed by atoms with Gasteiger partial charge in [-0.15, -0.1) is 0 Å². The largest absolute Gasteiger partial charge is 0.263 e. The number of nitrogens with one attached hydrogen (secondary N) is 1. The Morgan fingerprint density at radius 1 is 1.64 bits per heavy atom. The van der Waals surface area contributed by atoms with Gasteiger partial charge in [-0.1, -0.05) is 37.8 Å². The molecule has 0 aliphatic heterocycles. The predicted molar refractivity (Wildman–Crippen MR) is 60.9 cm³/mol. The Kier molecular flexibility index (Phi) is 3.85. The standard InChI is InChI=1S/C11H15N3.H2/c1-4-7-8-9(5-2)11-12-10(6-3)13-14-11;/h4-5,7-8H,2,6H2,1,3H3,(H,12,13,14);1H/b7-4-,9-8+;. The van der Waals surface area contributed by atoms with E-state index >= 15 is 0 Å². The highest BCUT2D eigenvalue weighted by atomic mass is 15.2. The number of aromatic amines is 1. The van der Waals surface area contributed by atoms with E-state index in [2.05, 4.69) is 21.8 Å². The zero-order valence-corrected chi connectivity index (χ0v) is 8.62. The summed E-state index contributed by atoms with van der Waals surface area (Å²) >= 11 is 0. The molecule has 0 saturated heterocycles. The SMILES string of the molecule is C=C/C(=C\C=C/C)c1n[nH]c(CC)n1.[HH]. The molecular weight excluding hydrogens is 174 g/mol. The number of aromatic nitrogens is 3. The molecule has 1 aromatic heterocycles. The van der Waals surface area contributed by atoms with Crippen molar-refractivity contribution in [1.82, 2.24) is 15.2 Å². The smallest absolute Gasteiger partial charge is 0.181 e. The van der Waals surface area contributed by atoms with Gasteiger partial charge in [0.15, 0.2) is 5.82 Å². The minimum absolute atomic E-state index is 0. The van der Waals surface area contributed by atoms with Gasteiger partial charge in [0, 0.05) is 13.4 Å². The lowest BCUT2D eigenvalue weighted by Crippen LogP contribution is -1.84. The average Bonchev–Trinajstić information content (AvgIpc) is 2.68. The van der Waals surface area contributed by atoms with Gasteiger partial charge in [-0.3, -0.25) is 5.10 Å². The minimum atomic E-state index is 0. The van der Waals surface area contributed by atoms with Gasteiger partial charge in [0.05, 0.1) is 0 Å². The summed E-state index contributed by atoms with van der Waals surface area (Å²) in [5.41, 5.74) is 0.930. The van der Waals surface area contributed by atoms with Gasteiger partial charge in [-0.05, 0) is 6.92 Å². The molecule has 0 atom stereocenters. The fourth-order valence-electron chi connectivity index (χ4n) is 1.02. The third-order valence-corrected chi connectivity index (χ3v) is 1.81. The monoisotopic (exact) mass is 191 g/mol. The van der Waals surface area contributed by atoms with E-state index in [1.54, 1.807) is 6.08 Å². The molecule has 0 saturated carbocycles. The molecule has 0 bridgehead atoms. The van der Waals surface area contributed by atoms with E-state index in [0.29, 0.717) is 5.82 Å². The number of allylic oxidation sites excluding steroid dienone is 5. The maximum atomic E-state index is 4.31. The van der Waals surface area contributed by atoms with Crippen LogP contribution >= 0.6 is 0 Å². The lowest BCUT2D eigenvalue weighted by Gasteiger charge is -1.91. The zero-order valence-electron chi connectivity index (χ0n) is 8.62. The Bertz CT molecular complexity index is 364. The maximum absolute atomic E-state index is 4.31. The molecule has 0 aliphatic rings. The molecular formula is C11H17N3. The highest BCUT2D eigenvalue weighted by Crippen LogP contribution is 2.10. The number of nitrogens with zero attached hydrogens (tertiary/aromatic N) is 2. The van der Waals surface area contributed by atoms with Crippen LogP contribution in [0.3, 0.4) is 0 Å². The summed E-state index contributed by atoms with van der Waals surface area (Å²) in [6, 6.07) is 0. The Morgan fingerprint density at radius 3 is 2.93 bits per heavy atom. The van der Waals surface area contributed by atoms with E-state index in [1.165, 1.54) is 0 Å². The summed E-state index contributed by atoms with van der Waals surface area (Å²) in [5.74, 6) is 1.60. The molecule has 0 fully saturated rings. The molecule has 0 aliphatic carbocycles. The molecule has 1 heterocycles. The average molecular weight is 191 g/mol. The third kappa shape index (κ3) is 2.42. The van der Waals surface area contributed by atoms with Crippen molar-refractivity contribution in [3.8, 4) is 0 Å². The lowest BCUT2D eigenvalue weighted by atomic mass is 10.2. The molecule has 1 rings (SSSR count). The van der Waals surface area contributed by atoms with E-state index in [4.69, 9.17) is 0 Å². The molecule has 1 aromatic rings. The van der Waals surface area contributed by atoms with Gasteiger partial charge >= 0.3 is 0 Å². The normalized spacial score (nSPS) is 12.3. The first-order valence-electron chi connectivity index (χ1n) is 4.68. The van der Waals surface area contributed by atoms with E-state index in [0.717, 1.165) is 17.8 Å². The van der Waals surface area contributed by atoms with E-state index in [9.17, 15) is 0 Å². The third-order valence-electron chi connectivity index (χ3n) is 1.81. The van der Waals surface area contributed by atoms with Gasteiger partial charge in [-0.25, -0.2) is 4.98 Å². The van der Waals surface area contributed by atoms with E-state index < -0.39 is 0 Å². The van der Waals surface area contributed by atoms with Crippen molar-refractivity contribution >= 4 is 5.57 Å². The maximum Gasteiger partial charge on any atom is 0.181 e. The molecule has 0 aromatic carbocycles. The fourth-order valence-corrected chi connectivity index (χ4v) is 1.02. The second-order valence-corrected chi connectivity index (χ2v) is 2.81. The van der Waals surface area contributed by atoms with Crippen molar-refractivity contribution < 1.29 is 1.43 Å². The first kappa shape index (κ1) is 10.4. The molecule has 3 heteroatoms. The first-order valence-corrected chi connectivity index (χ1v) is 4.68. The predicted octanol–water partition coefficient (Wildman–Crippen LogP) is 2.76. The molecule has 0 radical (unpaired) electrons. The number of hydrogen-bond acceptors (Lipinski definition) is 2. The number of aryl methyl sites for hydroxylation is 1. The van der Waals surface area contributed by atoms with Crippen LogP contribution in [-0.4, -0.2) is 15.2 Å². The molecule has 14 heavy (non-hydrogen) atoms. The van der Waals surface area contributed by atoms with Crippen molar-refractivity contribution in [3.05, 3.63) is 42.5 Å². The van der Waals surface area contributed by atoms with Crippen molar-refractivity contribution in [2.75, 3.05) is 0 Å². The van der Waals surface area contributed by atoms with Crippen LogP contribution in [0.2, 0.25) is 0 Å². The summed E-state index contributed by atoms with van der Waals surface area (Å²) in [5, 5.41) is 6.97. The zero-order chi connectivity index (χ0) is 10.4. The van der Waals surface area contributed by atoms with Gasteiger partial charge < -0.3 is 0 Å². The van der Waals surface area contributed by atoms with Gasteiger partial charge in [-0.2, -0.15) is 5.10 Å². The Balaban J connectivity index is 0.00000196. The second kappa shape index (κ2) is 5.17. The highest BCUT2D eigenvalue weighted by Gasteiger charge is 2.03. The quantitative estimate of drug-likeness (QED) is 0.743. The Morgan fingerprint density at radius 2 is 2.43 bits per heavy atom. The Labute approximate surface area is 85.7 Å². The lowest BCUT2D eigenvalue weighted by molar-refractivity contribution is 0.946. The van der Waals surface area contributed by atoms with Crippen LogP contribution in [0.1, 0.15) is 26.9 Å². The van der Waals surface area contributed by atoms with Crippen molar-refractivity contribution in [3.63, 3.8) is 0 Å². The van der Waals surface area contributed by atoms with Crippen LogP contribution in [0.4, 0.5) is 0 Å². The van der Waals surface area contributed by atoms with Gasteiger partial charge in [0.25, 0.3) is 0 Å². The minimum Gasteiger partial charge on any atom is -0.263 e. The summed E-state index contributed by atoms with van der Waals surface area (Å²) in [7, 11) is 0. The van der Waals surface area contributed by atoms with Crippen LogP contribution in [0.5, 0.6) is 0 Å². The number of hydrogen-bond donors (Lipinski definition) is 1. The van der Waals surface area contributed by atoms with Crippen molar-refractivity contribution in [2.24, 2.45) is 0 Å². The van der Waals surface area contributed by atoms with Crippen molar-refractivity contribution in [1.29, 1.82) is 0 Å². The van der Waals surface area contributed by atoms with E-state index in [-0.39, 0.29) is 1.43 Å². The fraction of sp³-hybridized carbons (Fsp3) is 0.273. The summed E-state index contributed by atoms with van der Waals surface area (Å²) in [6.07, 6.45) is 8.45. The van der Waals surface area contributed by atoms with Gasteiger partial charge in [0.2, 0.25) is 0 Å². The summed E-state index contributed by atoms with van der Waals surface area (Å²) in [4.78, 5) is 4.31. The Hall–Kier alpha value is -1.64. The summed E-state index contributed by atoms with van der Waals surface area (Å²) in [6.45, 7) is 7.73. The second-order valence-electron chi connectivity index (χ2n) is 2.81. The van der Waals surface area contributed by atoms with Crippen LogP contribution in [0.25, 0.3) is 5.57 Å². The first-order chi connectivity index (χ1) is 6.81. The van der Waals surface area contributed by atoms with Crippen LogP contribution in [0, 0.1) is 0 Å². The molecule has 3 nitrogen and oxygen atoms in total. The topological polar surface area (TPSA) is 41.6 Å². The number of rotatable bonds is 4. The molecule has 76 valence electrons. The highest BCUT2D eigenvalue weighted by molar-refractivity contribution is 5.70. The number of H-pyrrole nitrogens is 1. The van der Waals surface area contributed by atoms with Crippen LogP contribution in [0.15, 0.2) is 30.9 Å². The van der Waals surface area contributed by atoms with Gasteiger partial charge in [0.1, 0.15) is 5.82 Å². The molecule has 0 unspecified atom stereocenters. The molecule has 1 N–H and O–H groups in total. The molecule has 0 spiro atoms.